The van der Waals surface area contributed by atoms with E-state index in [9.17, 15) is 13.2 Å². The van der Waals surface area contributed by atoms with Gasteiger partial charge in [-0.15, -0.1) is 11.3 Å². The molecule has 0 aliphatic heterocycles. The first-order valence-electron chi connectivity index (χ1n) is 3.58. The van der Waals surface area contributed by atoms with Crippen LogP contribution in [0.5, 0.6) is 0 Å². The van der Waals surface area contributed by atoms with Crippen LogP contribution >= 0.6 is 27.3 Å². The van der Waals surface area contributed by atoms with Gasteiger partial charge >= 0.3 is 6.18 Å². The second-order valence-corrected chi connectivity index (χ2v) is 4.42. The summed E-state index contributed by atoms with van der Waals surface area (Å²) in [6, 6.07) is 2.64. The Hall–Kier alpha value is -0.620. The van der Waals surface area contributed by atoms with Crippen LogP contribution in [0, 0.1) is 0 Å². The molecule has 0 bridgehead atoms. The molecule has 0 amide bonds. The minimum absolute atomic E-state index is 0.181. The number of benzene rings is 1. The average molecular weight is 282 g/mol. The predicted molar refractivity (Wildman–Crippen MR) is 52.3 cm³/mol. The molecular formula is C8H3BrF3NS. The van der Waals surface area contributed by atoms with Crippen LogP contribution < -0.4 is 0 Å². The maximum absolute atomic E-state index is 12.5. The van der Waals surface area contributed by atoms with Gasteiger partial charge in [0.1, 0.15) is 0 Å². The first-order chi connectivity index (χ1) is 6.48. The summed E-state index contributed by atoms with van der Waals surface area (Å²) in [5.41, 5.74) is 1.15. The number of halogens is 4. The molecule has 0 saturated carbocycles. The average Bonchev–Trinajstić information content (AvgIpc) is 2.47. The predicted octanol–water partition coefficient (Wildman–Crippen LogP) is 4.08. The quantitative estimate of drug-likeness (QED) is 0.709. The molecule has 0 radical (unpaired) electrons. The van der Waals surface area contributed by atoms with Gasteiger partial charge in [0, 0.05) is 4.47 Å². The fourth-order valence-electron chi connectivity index (χ4n) is 1.15. The van der Waals surface area contributed by atoms with Crippen LogP contribution in [-0.4, -0.2) is 4.98 Å². The number of fused-ring (bicyclic) bond motifs is 1. The van der Waals surface area contributed by atoms with E-state index in [1.165, 1.54) is 5.51 Å². The molecule has 1 heterocycles. The Kier molecular flexibility index (Phi) is 2.27. The molecule has 0 aliphatic rings. The molecular weight excluding hydrogens is 279 g/mol. The summed E-state index contributed by atoms with van der Waals surface area (Å²) >= 11 is 4.02. The lowest BCUT2D eigenvalue weighted by atomic mass is 10.2. The molecule has 74 valence electrons. The van der Waals surface area contributed by atoms with E-state index in [2.05, 4.69) is 20.9 Å². The molecule has 0 N–H and O–H groups in total. The largest absolute Gasteiger partial charge is 0.417 e. The standard InChI is InChI=1S/C8H3BrF3NS/c9-4-1-5(8(10,11)12)7-6(2-4)13-3-14-7/h1-3H. The van der Waals surface area contributed by atoms with Crippen molar-refractivity contribution in [1.29, 1.82) is 0 Å². The normalized spacial score (nSPS) is 12.3. The third-order valence-corrected chi connectivity index (χ3v) is 3.04. The van der Waals surface area contributed by atoms with Crippen molar-refractivity contribution < 1.29 is 13.2 Å². The van der Waals surface area contributed by atoms with Gasteiger partial charge in [-0.05, 0) is 12.1 Å². The molecule has 1 nitrogen and oxygen atoms in total. The highest BCUT2D eigenvalue weighted by Gasteiger charge is 2.33. The van der Waals surface area contributed by atoms with Crippen LogP contribution in [0.15, 0.2) is 22.1 Å². The monoisotopic (exact) mass is 281 g/mol. The number of alkyl halides is 3. The maximum Gasteiger partial charge on any atom is 0.417 e. The molecule has 1 aromatic carbocycles. The minimum atomic E-state index is -4.32. The minimum Gasteiger partial charge on any atom is -0.245 e. The van der Waals surface area contributed by atoms with Crippen molar-refractivity contribution in [2.24, 2.45) is 0 Å². The van der Waals surface area contributed by atoms with Gasteiger partial charge in [0.2, 0.25) is 0 Å². The fraction of sp³-hybridized carbons (Fsp3) is 0.125. The molecule has 0 aliphatic carbocycles. The molecule has 2 rings (SSSR count). The van der Waals surface area contributed by atoms with Crippen molar-refractivity contribution in [2.75, 3.05) is 0 Å². The number of aromatic nitrogens is 1. The Balaban J connectivity index is 2.80. The van der Waals surface area contributed by atoms with Crippen LogP contribution in [0.4, 0.5) is 13.2 Å². The zero-order valence-electron chi connectivity index (χ0n) is 6.60. The topological polar surface area (TPSA) is 12.9 Å². The van der Waals surface area contributed by atoms with Gasteiger partial charge in [-0.1, -0.05) is 15.9 Å². The van der Waals surface area contributed by atoms with E-state index in [0.29, 0.717) is 9.99 Å². The molecule has 0 fully saturated rings. The summed E-state index contributed by atoms with van der Waals surface area (Å²) in [5, 5.41) is 0. The van der Waals surface area contributed by atoms with Crippen molar-refractivity contribution in [3.05, 3.63) is 27.7 Å². The molecule has 0 saturated heterocycles. The van der Waals surface area contributed by atoms with Crippen molar-refractivity contribution in [1.82, 2.24) is 4.98 Å². The molecule has 0 atom stereocenters. The van der Waals surface area contributed by atoms with E-state index < -0.39 is 11.7 Å². The second kappa shape index (κ2) is 3.20. The molecule has 2 aromatic rings. The molecule has 0 unspecified atom stereocenters. The van der Waals surface area contributed by atoms with Gasteiger partial charge in [0.15, 0.2) is 0 Å². The first kappa shape index (κ1) is 9.92. The lowest BCUT2D eigenvalue weighted by Gasteiger charge is -2.07. The van der Waals surface area contributed by atoms with Crippen LogP contribution in [0.2, 0.25) is 0 Å². The van der Waals surface area contributed by atoms with Crippen molar-refractivity contribution in [2.45, 2.75) is 6.18 Å². The highest BCUT2D eigenvalue weighted by atomic mass is 79.9. The highest BCUT2D eigenvalue weighted by molar-refractivity contribution is 9.10. The number of hydrogen-bond donors (Lipinski definition) is 0. The Morgan fingerprint density at radius 3 is 2.64 bits per heavy atom. The summed E-state index contributed by atoms with van der Waals surface area (Å²) in [6.07, 6.45) is -4.32. The molecule has 14 heavy (non-hydrogen) atoms. The van der Waals surface area contributed by atoms with Crippen LogP contribution in [0.25, 0.3) is 10.2 Å². The Bertz CT molecular complexity index is 477. The van der Waals surface area contributed by atoms with E-state index in [0.717, 1.165) is 17.4 Å². The Labute approximate surface area is 89.7 Å². The van der Waals surface area contributed by atoms with Crippen LogP contribution in [-0.2, 0) is 6.18 Å². The summed E-state index contributed by atoms with van der Waals surface area (Å²) in [4.78, 5) is 3.84. The Morgan fingerprint density at radius 1 is 1.29 bits per heavy atom. The molecule has 1 aromatic heterocycles. The van der Waals surface area contributed by atoms with Crippen molar-refractivity contribution in [3.63, 3.8) is 0 Å². The van der Waals surface area contributed by atoms with Gasteiger partial charge in [0.25, 0.3) is 0 Å². The SMILES string of the molecule is FC(F)(F)c1cc(Br)cc2ncsc12. The fourth-order valence-corrected chi connectivity index (χ4v) is 2.40. The lowest BCUT2D eigenvalue weighted by Crippen LogP contribution is -2.04. The van der Waals surface area contributed by atoms with Gasteiger partial charge in [-0.3, -0.25) is 0 Å². The van der Waals surface area contributed by atoms with Crippen LogP contribution in [0.1, 0.15) is 5.56 Å². The van der Waals surface area contributed by atoms with Gasteiger partial charge < -0.3 is 0 Å². The van der Waals surface area contributed by atoms with E-state index >= 15 is 0 Å². The third-order valence-electron chi connectivity index (χ3n) is 1.70. The first-order valence-corrected chi connectivity index (χ1v) is 5.25. The van der Waals surface area contributed by atoms with E-state index in [4.69, 9.17) is 0 Å². The zero-order chi connectivity index (χ0) is 10.3. The van der Waals surface area contributed by atoms with Crippen LogP contribution in [0.3, 0.4) is 0 Å². The number of thiazole rings is 1. The number of rotatable bonds is 0. The van der Waals surface area contributed by atoms with Crippen molar-refractivity contribution >= 4 is 37.5 Å². The summed E-state index contributed by atoms with van der Waals surface area (Å²) in [5.74, 6) is 0. The summed E-state index contributed by atoms with van der Waals surface area (Å²) < 4.78 is 38.2. The molecule has 0 spiro atoms. The third kappa shape index (κ3) is 1.64. The lowest BCUT2D eigenvalue weighted by molar-refractivity contribution is -0.136. The highest BCUT2D eigenvalue weighted by Crippen LogP contribution is 2.38. The van der Waals surface area contributed by atoms with E-state index in [1.54, 1.807) is 6.07 Å². The van der Waals surface area contributed by atoms with E-state index in [-0.39, 0.29) is 4.70 Å². The smallest absolute Gasteiger partial charge is 0.245 e. The summed E-state index contributed by atoms with van der Waals surface area (Å²) in [6.45, 7) is 0. The van der Waals surface area contributed by atoms with Gasteiger partial charge in [-0.25, -0.2) is 4.98 Å². The zero-order valence-corrected chi connectivity index (χ0v) is 9.00. The maximum atomic E-state index is 12.5. The van der Waals surface area contributed by atoms with Crippen molar-refractivity contribution in [3.8, 4) is 0 Å². The second-order valence-electron chi connectivity index (χ2n) is 2.65. The summed E-state index contributed by atoms with van der Waals surface area (Å²) in [7, 11) is 0. The Morgan fingerprint density at radius 2 is 2.00 bits per heavy atom. The number of nitrogens with zero attached hydrogens (tertiary/aromatic N) is 1. The van der Waals surface area contributed by atoms with Gasteiger partial charge in [0.05, 0.1) is 21.3 Å². The number of hydrogen-bond acceptors (Lipinski definition) is 2. The van der Waals surface area contributed by atoms with E-state index in [1.807, 2.05) is 0 Å². The molecule has 6 heteroatoms. The van der Waals surface area contributed by atoms with Gasteiger partial charge in [-0.2, -0.15) is 13.2 Å².